The van der Waals surface area contributed by atoms with Crippen molar-refractivity contribution in [3.63, 3.8) is 0 Å². The van der Waals surface area contributed by atoms with Crippen LogP contribution in [0.2, 0.25) is 0 Å². The predicted octanol–water partition coefficient (Wildman–Crippen LogP) is 2.48. The summed E-state index contributed by atoms with van der Waals surface area (Å²) >= 11 is 6.09. The summed E-state index contributed by atoms with van der Waals surface area (Å²) in [6.07, 6.45) is 1.11. The lowest BCUT2D eigenvalue weighted by Gasteiger charge is -2.23. The van der Waals surface area contributed by atoms with Crippen LogP contribution in [0.4, 0.5) is 13.2 Å². The smallest absolute Gasteiger partial charge is 0.203 e. The van der Waals surface area contributed by atoms with Gasteiger partial charge in [-0.05, 0) is 0 Å². The second-order valence-corrected chi connectivity index (χ2v) is 6.68. The normalized spacial score (nSPS) is 15.1. The molecule has 0 aliphatic rings. The van der Waals surface area contributed by atoms with E-state index in [2.05, 4.69) is 38.4 Å². The maximum Gasteiger partial charge on any atom is 0.511 e. The van der Waals surface area contributed by atoms with E-state index in [0.29, 0.717) is 9.64 Å². The van der Waals surface area contributed by atoms with Crippen LogP contribution in [-0.2, 0) is 10.0 Å². The Bertz CT molecular complexity index is 331. The zero-order valence-corrected chi connectivity index (χ0v) is 12.0. The minimum atomic E-state index is -5.29. The molecule has 0 aromatic heterocycles. The van der Waals surface area contributed by atoms with Gasteiger partial charge in [0.2, 0.25) is 0 Å². The molecule has 0 aromatic carbocycles. The molecule has 16 heavy (non-hydrogen) atoms. The summed E-state index contributed by atoms with van der Waals surface area (Å²) in [5.41, 5.74) is -5.28. The van der Waals surface area contributed by atoms with E-state index in [1.165, 1.54) is 0 Å². The number of rotatable bonds is 6. The molecule has 0 fully saturated rings. The van der Waals surface area contributed by atoms with Gasteiger partial charge in [0.15, 0.2) is 0 Å². The molecule has 0 N–H and O–H groups in total. The third-order valence-corrected chi connectivity index (χ3v) is 5.36. The second-order valence-electron chi connectivity index (χ2n) is 2.81. The lowest BCUT2D eigenvalue weighted by Crippen LogP contribution is -2.43. The van der Waals surface area contributed by atoms with Gasteiger partial charge in [-0.2, -0.15) is 17.5 Å². The number of halogens is 5. The van der Waals surface area contributed by atoms with Crippen LogP contribution in [0.15, 0.2) is 12.7 Å². The summed E-state index contributed by atoms with van der Waals surface area (Å²) in [6.45, 7) is 2.57. The summed E-state index contributed by atoms with van der Waals surface area (Å²) in [5.74, 6) is 0. The molecule has 9 heteroatoms. The van der Waals surface area contributed by atoms with E-state index in [9.17, 15) is 21.6 Å². The fourth-order valence-corrected chi connectivity index (χ4v) is 2.55. The number of alkyl halides is 5. The van der Waals surface area contributed by atoms with Gasteiger partial charge < -0.3 is 0 Å². The second kappa shape index (κ2) is 6.36. The molecule has 0 spiro atoms. The third-order valence-electron chi connectivity index (χ3n) is 1.53. The van der Waals surface area contributed by atoms with Crippen molar-refractivity contribution in [3.8, 4) is 0 Å². The fraction of sp³-hybridized carbons (Fsp3) is 0.714. The summed E-state index contributed by atoms with van der Waals surface area (Å²) in [5, 5.41) is 0.341. The Balaban J connectivity index is 4.99. The Morgan fingerprint density at radius 1 is 1.44 bits per heavy atom. The van der Waals surface area contributed by atoms with Gasteiger partial charge in [0, 0.05) is 23.2 Å². The summed E-state index contributed by atoms with van der Waals surface area (Å²) in [7, 11) is -5.29. The highest BCUT2D eigenvalue weighted by Gasteiger charge is 2.49. The number of hydrogen-bond acceptors (Lipinski definition) is 2. The Morgan fingerprint density at radius 3 is 2.25 bits per heavy atom. The van der Waals surface area contributed by atoms with Crippen LogP contribution in [0, 0.1) is 0 Å². The van der Waals surface area contributed by atoms with E-state index in [1.807, 2.05) is 0 Å². The largest absolute Gasteiger partial charge is 0.511 e. The van der Waals surface area contributed by atoms with Gasteiger partial charge in [-0.25, -0.2) is 8.42 Å². The highest BCUT2D eigenvalue weighted by molar-refractivity contribution is 9.12. The molecule has 1 unspecified atom stereocenters. The lowest BCUT2D eigenvalue weighted by atomic mass is 10.4. The first kappa shape index (κ1) is 16.4. The molecular formula is C7H10Br2F3NO2S. The number of hydrogen-bond donors (Lipinski definition) is 0. The van der Waals surface area contributed by atoms with Crippen molar-refractivity contribution in [2.24, 2.45) is 0 Å². The first-order valence-electron chi connectivity index (χ1n) is 4.04. The van der Waals surface area contributed by atoms with Crippen molar-refractivity contribution in [1.29, 1.82) is 0 Å². The maximum atomic E-state index is 12.3. The van der Waals surface area contributed by atoms with E-state index >= 15 is 0 Å². The standard InChI is InChI=1S/C7H10Br2F3NO2S/c1-2-3-13(5-6(9)4-8)16(14,15)7(10,11)12/h2,6H,1,3-5H2. The minimum absolute atomic E-state index is 0.279. The van der Waals surface area contributed by atoms with Gasteiger partial charge in [0.25, 0.3) is 0 Å². The van der Waals surface area contributed by atoms with Crippen molar-refractivity contribution in [2.75, 3.05) is 18.4 Å². The quantitative estimate of drug-likeness (QED) is 0.517. The molecule has 1 atom stereocenters. The molecule has 0 heterocycles. The Morgan fingerprint density at radius 2 is 1.94 bits per heavy atom. The Kier molecular flexibility index (Phi) is 6.52. The van der Waals surface area contributed by atoms with Crippen molar-refractivity contribution in [3.05, 3.63) is 12.7 Å². The molecule has 0 amide bonds. The topological polar surface area (TPSA) is 37.4 Å². The van der Waals surface area contributed by atoms with Crippen LogP contribution in [0.25, 0.3) is 0 Å². The van der Waals surface area contributed by atoms with Crippen LogP contribution in [0.1, 0.15) is 0 Å². The molecule has 0 saturated carbocycles. The van der Waals surface area contributed by atoms with Crippen molar-refractivity contribution in [1.82, 2.24) is 4.31 Å². The maximum absolute atomic E-state index is 12.3. The van der Waals surface area contributed by atoms with E-state index < -0.39 is 20.4 Å². The number of nitrogens with zero attached hydrogens (tertiary/aromatic N) is 1. The summed E-state index contributed by atoms with van der Waals surface area (Å²) in [6, 6.07) is 0. The van der Waals surface area contributed by atoms with Gasteiger partial charge in [0.05, 0.1) is 0 Å². The Labute approximate surface area is 109 Å². The zero-order valence-electron chi connectivity index (χ0n) is 8.04. The fourth-order valence-electron chi connectivity index (χ4n) is 0.831. The van der Waals surface area contributed by atoms with Crippen LogP contribution in [-0.4, -0.2) is 41.5 Å². The van der Waals surface area contributed by atoms with Gasteiger partial charge in [-0.15, -0.1) is 6.58 Å². The SMILES string of the molecule is C=CCN(CC(Br)CBr)S(=O)(=O)C(F)(F)F. The molecular weight excluding hydrogens is 379 g/mol. The van der Waals surface area contributed by atoms with E-state index in [0.717, 1.165) is 6.08 Å². The molecule has 0 aliphatic heterocycles. The van der Waals surface area contributed by atoms with E-state index in [4.69, 9.17) is 0 Å². The van der Waals surface area contributed by atoms with Crippen LogP contribution in [0.3, 0.4) is 0 Å². The first-order valence-corrected chi connectivity index (χ1v) is 7.52. The van der Waals surface area contributed by atoms with Gasteiger partial charge in [-0.3, -0.25) is 0 Å². The van der Waals surface area contributed by atoms with Crippen molar-refractivity contribution < 1.29 is 21.6 Å². The molecule has 0 aromatic rings. The molecule has 96 valence electrons. The monoisotopic (exact) mass is 387 g/mol. The zero-order chi connectivity index (χ0) is 13.0. The molecule has 0 radical (unpaired) electrons. The summed E-state index contributed by atoms with van der Waals surface area (Å²) in [4.78, 5) is -0.399. The average Bonchev–Trinajstić information content (AvgIpc) is 2.15. The lowest BCUT2D eigenvalue weighted by molar-refractivity contribution is -0.0485. The van der Waals surface area contributed by atoms with Crippen molar-refractivity contribution in [2.45, 2.75) is 10.3 Å². The first-order chi connectivity index (χ1) is 7.16. The third kappa shape index (κ3) is 4.34. The molecule has 0 aliphatic carbocycles. The van der Waals surface area contributed by atoms with E-state index in [1.54, 1.807) is 0 Å². The van der Waals surface area contributed by atoms with E-state index in [-0.39, 0.29) is 13.1 Å². The molecule has 0 bridgehead atoms. The van der Waals surface area contributed by atoms with Crippen molar-refractivity contribution >= 4 is 41.9 Å². The van der Waals surface area contributed by atoms with Gasteiger partial charge >= 0.3 is 15.5 Å². The number of sulfonamides is 1. The van der Waals surface area contributed by atoms with Crippen LogP contribution >= 0.6 is 31.9 Å². The molecule has 0 rings (SSSR count). The van der Waals surface area contributed by atoms with Crippen LogP contribution < -0.4 is 0 Å². The molecule has 3 nitrogen and oxygen atoms in total. The molecule has 0 saturated heterocycles. The average molecular weight is 389 g/mol. The Hall–Kier alpha value is 0.400. The highest BCUT2D eigenvalue weighted by atomic mass is 79.9. The summed E-state index contributed by atoms with van der Waals surface area (Å²) < 4.78 is 59.4. The van der Waals surface area contributed by atoms with Gasteiger partial charge in [0.1, 0.15) is 0 Å². The highest BCUT2D eigenvalue weighted by Crippen LogP contribution is 2.27. The predicted molar refractivity (Wildman–Crippen MR) is 63.3 cm³/mol. The minimum Gasteiger partial charge on any atom is -0.203 e. The van der Waals surface area contributed by atoms with Gasteiger partial charge in [-0.1, -0.05) is 37.9 Å². The van der Waals surface area contributed by atoms with Crippen LogP contribution in [0.5, 0.6) is 0 Å².